The van der Waals surface area contributed by atoms with E-state index in [0.29, 0.717) is 52.5 Å². The molecule has 2 amide bonds. The van der Waals surface area contributed by atoms with Crippen molar-refractivity contribution in [2.24, 2.45) is 23.7 Å². The third-order valence-corrected chi connectivity index (χ3v) is 10.8. The van der Waals surface area contributed by atoms with Crippen LogP contribution < -0.4 is 19.1 Å². The summed E-state index contributed by atoms with van der Waals surface area (Å²) in [6, 6.07) is 17.6. The van der Waals surface area contributed by atoms with Crippen LogP contribution in [0.2, 0.25) is 0 Å². The van der Waals surface area contributed by atoms with E-state index in [2.05, 4.69) is 0 Å². The molecular formula is C42H35NO8. The lowest BCUT2D eigenvalue weighted by Crippen LogP contribution is -2.41. The maximum Gasteiger partial charge on any atom is 0.238 e. The molecule has 2 heterocycles. The first kappa shape index (κ1) is 32.3. The van der Waals surface area contributed by atoms with Crippen LogP contribution in [0, 0.1) is 23.7 Å². The molecule has 5 aliphatic rings. The van der Waals surface area contributed by atoms with Gasteiger partial charge in [0.05, 0.1) is 38.0 Å². The van der Waals surface area contributed by atoms with Crippen LogP contribution in [-0.4, -0.2) is 42.7 Å². The summed E-state index contributed by atoms with van der Waals surface area (Å²) >= 11 is 0. The Morgan fingerprint density at radius 1 is 0.902 bits per heavy atom. The number of carbonyl (C=O) groups excluding carboxylic acids is 4. The lowest BCUT2D eigenvalue weighted by atomic mass is 9.58. The van der Waals surface area contributed by atoms with E-state index in [9.17, 15) is 24.3 Å². The molecule has 9 nitrogen and oxygen atoms in total. The van der Waals surface area contributed by atoms with Crippen molar-refractivity contribution in [1.82, 2.24) is 0 Å². The van der Waals surface area contributed by atoms with Gasteiger partial charge in [-0.2, -0.15) is 0 Å². The molecule has 4 unspecified atom stereocenters. The highest BCUT2D eigenvalue weighted by molar-refractivity contribution is 6.24. The van der Waals surface area contributed by atoms with Crippen LogP contribution in [0.3, 0.4) is 0 Å². The van der Waals surface area contributed by atoms with Gasteiger partial charge in [-0.1, -0.05) is 35.9 Å². The van der Waals surface area contributed by atoms with E-state index in [4.69, 9.17) is 14.2 Å². The molecule has 3 aliphatic carbocycles. The van der Waals surface area contributed by atoms with Crippen molar-refractivity contribution in [3.05, 3.63) is 124 Å². The molecule has 51 heavy (non-hydrogen) atoms. The standard InChI is InChI=1S/C42H35NO8/c1-22-16-34(45)39-33(40(22)46)20-32-30(37(39)26-17-25-18-28(44)10-14-36(25)51-21-26)12-13-31-38(32)42(48)43(41(31)47)27-8-5-23(6-9-27)4-7-24-19-29(49-2)11-15-35(24)50-3/h4-12,14-16,18-19,21,31-32,37-38,44H,13,17,20H2,1-3H3. The molecule has 3 aromatic rings. The molecule has 0 bridgehead atoms. The van der Waals surface area contributed by atoms with Crippen molar-refractivity contribution in [1.29, 1.82) is 0 Å². The normalized spacial score (nSPS) is 23.9. The van der Waals surface area contributed by atoms with Crippen molar-refractivity contribution in [3.8, 4) is 23.0 Å². The van der Waals surface area contributed by atoms with Crippen molar-refractivity contribution >= 4 is 41.2 Å². The molecule has 0 radical (unpaired) electrons. The number of hydrogen-bond donors (Lipinski definition) is 1. The number of Topliss-reactive ketones (excluding diaryl/α,β-unsaturated/α-hetero) is 1. The predicted molar refractivity (Wildman–Crippen MR) is 190 cm³/mol. The monoisotopic (exact) mass is 681 g/mol. The first-order chi connectivity index (χ1) is 24.7. The average Bonchev–Trinajstić information content (AvgIpc) is 3.40. The van der Waals surface area contributed by atoms with Gasteiger partial charge in [-0.15, -0.1) is 0 Å². The van der Waals surface area contributed by atoms with Crippen molar-refractivity contribution < 1.29 is 38.5 Å². The van der Waals surface area contributed by atoms with E-state index in [1.165, 1.54) is 11.0 Å². The van der Waals surface area contributed by atoms with Crippen molar-refractivity contribution in [2.75, 3.05) is 19.1 Å². The molecule has 0 saturated carbocycles. The van der Waals surface area contributed by atoms with Gasteiger partial charge in [-0.05, 0) is 91.4 Å². The van der Waals surface area contributed by atoms with Gasteiger partial charge in [0.2, 0.25) is 11.8 Å². The molecule has 4 atom stereocenters. The molecule has 1 fully saturated rings. The minimum absolute atomic E-state index is 0.0959. The molecule has 0 aromatic heterocycles. The van der Waals surface area contributed by atoms with Crippen LogP contribution in [0.15, 0.2) is 107 Å². The Balaban J connectivity index is 1.11. The second-order valence-corrected chi connectivity index (χ2v) is 13.6. The number of phenols is 1. The first-order valence-electron chi connectivity index (χ1n) is 16.9. The lowest BCUT2D eigenvalue weighted by molar-refractivity contribution is -0.123. The van der Waals surface area contributed by atoms with Gasteiger partial charge in [0.15, 0.2) is 11.6 Å². The highest BCUT2D eigenvalue weighted by atomic mass is 16.5. The van der Waals surface area contributed by atoms with Crippen LogP contribution in [0.4, 0.5) is 5.69 Å². The molecule has 1 saturated heterocycles. The fourth-order valence-corrected chi connectivity index (χ4v) is 8.34. The van der Waals surface area contributed by atoms with E-state index in [1.807, 2.05) is 48.6 Å². The number of ether oxygens (including phenoxy) is 3. The first-order valence-corrected chi connectivity index (χ1v) is 16.9. The van der Waals surface area contributed by atoms with E-state index in [1.54, 1.807) is 57.7 Å². The van der Waals surface area contributed by atoms with Crippen molar-refractivity contribution in [2.45, 2.75) is 26.2 Å². The van der Waals surface area contributed by atoms with Gasteiger partial charge in [0.1, 0.15) is 23.0 Å². The topological polar surface area (TPSA) is 119 Å². The number of aromatic hydroxyl groups is 1. The van der Waals surface area contributed by atoms with Gasteiger partial charge in [-0.25, -0.2) is 0 Å². The lowest BCUT2D eigenvalue weighted by Gasteiger charge is -2.43. The molecule has 3 aromatic carbocycles. The number of anilines is 1. The number of hydrogen-bond acceptors (Lipinski definition) is 8. The third kappa shape index (κ3) is 5.31. The van der Waals surface area contributed by atoms with Gasteiger partial charge < -0.3 is 19.3 Å². The molecule has 1 N–H and O–H groups in total. The highest BCUT2D eigenvalue weighted by Gasteiger charge is 2.57. The number of benzene rings is 3. The van der Waals surface area contributed by atoms with Gasteiger partial charge in [-0.3, -0.25) is 24.1 Å². The fraction of sp³-hybridized carbons (Fsp3) is 0.238. The SMILES string of the molecule is COc1ccc(OC)c(C=Cc2ccc(N3C(=O)C4CC=C5C(C6=COc7ccc(O)cc7C6)C6=C(CC5C4C3=O)C(=O)C(C)=CC6=O)cc2)c1. The van der Waals surface area contributed by atoms with Gasteiger partial charge in [0.25, 0.3) is 0 Å². The van der Waals surface area contributed by atoms with Crippen LogP contribution >= 0.6 is 0 Å². The minimum Gasteiger partial charge on any atom is -0.508 e. The Kier molecular flexibility index (Phi) is 7.86. The van der Waals surface area contributed by atoms with Crippen LogP contribution in [0.5, 0.6) is 23.0 Å². The van der Waals surface area contributed by atoms with Crippen LogP contribution in [0.25, 0.3) is 12.2 Å². The summed E-state index contributed by atoms with van der Waals surface area (Å²) in [4.78, 5) is 57.0. The van der Waals surface area contributed by atoms with E-state index < -0.39 is 23.7 Å². The number of carbonyl (C=O) groups is 4. The summed E-state index contributed by atoms with van der Waals surface area (Å²) in [5.41, 5.74) is 5.72. The summed E-state index contributed by atoms with van der Waals surface area (Å²) in [7, 11) is 3.21. The Bertz CT molecular complexity index is 2200. The smallest absolute Gasteiger partial charge is 0.238 e. The molecule has 8 rings (SSSR count). The zero-order valence-corrected chi connectivity index (χ0v) is 28.3. The van der Waals surface area contributed by atoms with E-state index in [-0.39, 0.29) is 35.6 Å². The maximum absolute atomic E-state index is 14.4. The summed E-state index contributed by atoms with van der Waals surface area (Å²) < 4.78 is 16.8. The summed E-state index contributed by atoms with van der Waals surface area (Å²) in [5.74, 6) is -1.25. The zero-order valence-electron chi connectivity index (χ0n) is 28.3. The zero-order chi connectivity index (χ0) is 35.6. The number of imide groups is 1. The number of allylic oxidation sites excluding steroid dienone is 7. The average molecular weight is 682 g/mol. The van der Waals surface area contributed by atoms with Crippen LogP contribution in [0.1, 0.15) is 36.5 Å². The predicted octanol–water partition coefficient (Wildman–Crippen LogP) is 6.57. The number of phenolic OH excluding ortho intramolecular Hbond substituents is 1. The highest BCUT2D eigenvalue weighted by Crippen LogP contribution is 2.55. The molecular weight excluding hydrogens is 646 g/mol. The molecule has 256 valence electrons. The molecule has 9 heteroatoms. The quantitative estimate of drug-likeness (QED) is 0.134. The summed E-state index contributed by atoms with van der Waals surface area (Å²) in [6.07, 6.45) is 9.77. The number of rotatable bonds is 6. The number of methoxy groups -OCH3 is 2. The van der Waals surface area contributed by atoms with E-state index >= 15 is 0 Å². The fourth-order valence-electron chi connectivity index (χ4n) is 8.34. The van der Waals surface area contributed by atoms with Gasteiger partial charge >= 0.3 is 0 Å². The Labute approximate surface area is 294 Å². The second-order valence-electron chi connectivity index (χ2n) is 13.6. The summed E-state index contributed by atoms with van der Waals surface area (Å²) in [5, 5.41) is 10.2. The number of fused-ring (bicyclic) bond motifs is 4. The summed E-state index contributed by atoms with van der Waals surface area (Å²) in [6.45, 7) is 1.63. The Morgan fingerprint density at radius 3 is 2.47 bits per heavy atom. The maximum atomic E-state index is 14.4. The number of amides is 2. The third-order valence-electron chi connectivity index (χ3n) is 10.8. The molecule has 2 aliphatic heterocycles. The molecule has 0 spiro atoms. The van der Waals surface area contributed by atoms with E-state index in [0.717, 1.165) is 27.8 Å². The largest absolute Gasteiger partial charge is 0.508 e. The van der Waals surface area contributed by atoms with Crippen molar-refractivity contribution in [3.63, 3.8) is 0 Å². The van der Waals surface area contributed by atoms with Gasteiger partial charge in [0, 0.05) is 40.2 Å². The number of ketones is 2. The van der Waals surface area contributed by atoms with Crippen LogP contribution in [-0.2, 0) is 25.6 Å². The Morgan fingerprint density at radius 2 is 1.71 bits per heavy atom. The second kappa shape index (κ2) is 12.4. The Hall–Kier alpha value is -5.96. The number of nitrogens with zero attached hydrogens (tertiary/aromatic N) is 1. The minimum atomic E-state index is -0.690.